The summed E-state index contributed by atoms with van der Waals surface area (Å²) >= 11 is 0. The number of carbonyl (C=O) groups is 2. The molecule has 1 saturated heterocycles. The Morgan fingerprint density at radius 1 is 0.949 bits per heavy atom. The summed E-state index contributed by atoms with van der Waals surface area (Å²) in [6.45, 7) is -0.590. The van der Waals surface area contributed by atoms with Crippen LogP contribution in [0, 0.1) is 0 Å². The lowest BCUT2D eigenvalue weighted by Gasteiger charge is -2.46. The van der Waals surface area contributed by atoms with Gasteiger partial charge in [0.1, 0.15) is 24.4 Å². The van der Waals surface area contributed by atoms with Crippen molar-refractivity contribution in [1.82, 2.24) is 4.98 Å². The fraction of sp³-hybridized carbons (Fsp3) is 0.429. The summed E-state index contributed by atoms with van der Waals surface area (Å²) in [6.07, 6.45) is -7.15. The lowest BCUT2D eigenvalue weighted by Crippen LogP contribution is -2.63. The molecule has 3 heterocycles. The smallest absolute Gasteiger partial charge is 0.310 e. The van der Waals surface area contributed by atoms with Crippen molar-refractivity contribution < 1.29 is 44.2 Å². The van der Waals surface area contributed by atoms with Crippen molar-refractivity contribution in [3.63, 3.8) is 0 Å². The molecule has 0 amide bonds. The zero-order valence-corrected chi connectivity index (χ0v) is 21.6. The molecule has 0 radical (unpaired) electrons. The van der Waals surface area contributed by atoms with Gasteiger partial charge in [0.15, 0.2) is 6.23 Å². The van der Waals surface area contributed by atoms with Crippen LogP contribution in [0.3, 0.4) is 0 Å². The second kappa shape index (κ2) is 10.9. The molecule has 2 aliphatic rings. The summed E-state index contributed by atoms with van der Waals surface area (Å²) in [5.41, 5.74) is 3.41. The maximum atomic E-state index is 12.7. The van der Waals surface area contributed by atoms with Crippen molar-refractivity contribution in [3.8, 4) is 0 Å². The van der Waals surface area contributed by atoms with E-state index in [0.717, 1.165) is 16.5 Å². The highest BCUT2D eigenvalue weighted by Crippen LogP contribution is 2.53. The first-order valence-electron chi connectivity index (χ1n) is 12.7. The summed E-state index contributed by atoms with van der Waals surface area (Å²) in [7, 11) is 2.61. The van der Waals surface area contributed by atoms with E-state index in [1.165, 1.54) is 14.2 Å². The summed E-state index contributed by atoms with van der Waals surface area (Å²) < 4.78 is 16.0. The Morgan fingerprint density at radius 3 is 2.36 bits per heavy atom. The Morgan fingerprint density at radius 2 is 1.64 bits per heavy atom. The van der Waals surface area contributed by atoms with Crippen molar-refractivity contribution in [1.29, 1.82) is 0 Å². The second-order valence-corrected chi connectivity index (χ2v) is 9.83. The van der Waals surface area contributed by atoms with Crippen LogP contribution in [-0.4, -0.2) is 88.8 Å². The third-order valence-electron chi connectivity index (χ3n) is 7.74. The highest BCUT2D eigenvalue weighted by molar-refractivity contribution is 5.89. The van der Waals surface area contributed by atoms with E-state index >= 15 is 0 Å². The first-order valence-corrected chi connectivity index (χ1v) is 12.7. The molecule has 0 aliphatic carbocycles. The Kier molecular flexibility index (Phi) is 7.61. The number of ether oxygens (including phenoxy) is 3. The minimum absolute atomic E-state index is 0.0286. The van der Waals surface area contributed by atoms with Crippen LogP contribution in [0.25, 0.3) is 10.9 Å². The van der Waals surface area contributed by atoms with E-state index in [4.69, 9.17) is 14.2 Å². The standard InChI is InChI=1S/C28H32N2O9/c1-37-21(32)11-16-14-7-3-5-9-18(14)29-23(16)24-17(12-22(33)38-2)15-8-4-6-10-19(15)30(24)28-27(36)26(35)25(34)20(13-31)39-28/h3-10,17,20,24-29,31,34-36H,11-13H2,1-2H3/t17-,20+,24-,25+,26-,27+,28+/m0/s1. The Bertz CT molecular complexity index is 1360. The normalized spacial score (nSPS) is 28.4. The van der Waals surface area contributed by atoms with Gasteiger partial charge in [-0.1, -0.05) is 36.4 Å². The number of benzene rings is 2. The van der Waals surface area contributed by atoms with E-state index in [1.54, 1.807) is 11.0 Å². The number of nitrogens with zero attached hydrogens (tertiary/aromatic N) is 1. The number of hydrogen-bond donors (Lipinski definition) is 5. The van der Waals surface area contributed by atoms with Crippen LogP contribution in [0.4, 0.5) is 5.69 Å². The Balaban J connectivity index is 1.73. The van der Waals surface area contributed by atoms with Gasteiger partial charge >= 0.3 is 11.9 Å². The van der Waals surface area contributed by atoms with E-state index in [-0.39, 0.29) is 12.8 Å². The number of nitrogens with one attached hydrogen (secondary N) is 1. The van der Waals surface area contributed by atoms with Crippen LogP contribution in [0.5, 0.6) is 0 Å². The number of aliphatic hydroxyl groups excluding tert-OH is 4. The summed E-state index contributed by atoms with van der Waals surface area (Å²) in [4.78, 5) is 30.4. The maximum Gasteiger partial charge on any atom is 0.310 e. The average Bonchev–Trinajstić information content (AvgIpc) is 3.47. The molecule has 5 N–H and O–H groups in total. The van der Waals surface area contributed by atoms with Gasteiger partial charge in [-0.15, -0.1) is 0 Å². The van der Waals surface area contributed by atoms with E-state index < -0.39 is 61.1 Å². The third kappa shape index (κ3) is 4.66. The molecule has 0 unspecified atom stereocenters. The topological polar surface area (TPSA) is 162 Å². The van der Waals surface area contributed by atoms with Crippen LogP contribution in [0.1, 0.15) is 35.2 Å². The first-order chi connectivity index (χ1) is 18.8. The van der Waals surface area contributed by atoms with Crippen molar-refractivity contribution in [3.05, 3.63) is 65.4 Å². The zero-order valence-electron chi connectivity index (χ0n) is 21.6. The average molecular weight is 541 g/mol. The number of aromatic amines is 1. The molecule has 0 bridgehead atoms. The number of fused-ring (bicyclic) bond motifs is 2. The number of aromatic nitrogens is 1. The number of aliphatic hydroxyl groups is 4. The maximum absolute atomic E-state index is 12.7. The molecule has 39 heavy (non-hydrogen) atoms. The van der Waals surface area contributed by atoms with Crippen molar-refractivity contribution in [2.45, 2.75) is 55.4 Å². The zero-order chi connectivity index (χ0) is 27.8. The molecule has 208 valence electrons. The molecule has 1 aromatic heterocycles. The number of H-pyrrole nitrogens is 1. The van der Waals surface area contributed by atoms with Gasteiger partial charge in [-0.25, -0.2) is 0 Å². The number of carbonyl (C=O) groups excluding carboxylic acids is 2. The van der Waals surface area contributed by atoms with Crippen LogP contribution < -0.4 is 4.90 Å². The van der Waals surface area contributed by atoms with E-state index in [1.807, 2.05) is 42.5 Å². The van der Waals surface area contributed by atoms with E-state index in [2.05, 4.69) is 4.98 Å². The summed E-state index contributed by atoms with van der Waals surface area (Å²) in [6, 6.07) is 14.1. The van der Waals surface area contributed by atoms with Crippen molar-refractivity contribution in [2.75, 3.05) is 25.7 Å². The fourth-order valence-electron chi connectivity index (χ4n) is 5.86. The molecule has 1 fully saturated rings. The Labute approximate surface area is 224 Å². The molecule has 7 atom stereocenters. The van der Waals surface area contributed by atoms with E-state index in [0.29, 0.717) is 16.9 Å². The third-order valence-corrected chi connectivity index (χ3v) is 7.74. The predicted octanol–water partition coefficient (Wildman–Crippen LogP) is 0.891. The molecule has 5 rings (SSSR count). The molecular weight excluding hydrogens is 508 g/mol. The van der Waals surface area contributed by atoms with Crippen LogP contribution in [0.15, 0.2) is 48.5 Å². The summed E-state index contributed by atoms with van der Waals surface area (Å²) in [5, 5.41) is 42.9. The van der Waals surface area contributed by atoms with Gasteiger partial charge in [0, 0.05) is 28.2 Å². The predicted molar refractivity (Wildman–Crippen MR) is 139 cm³/mol. The molecule has 3 aromatic rings. The number of para-hydroxylation sites is 2. The van der Waals surface area contributed by atoms with Gasteiger partial charge < -0.3 is 44.5 Å². The highest BCUT2D eigenvalue weighted by atomic mass is 16.6. The number of methoxy groups -OCH3 is 2. The highest BCUT2D eigenvalue weighted by Gasteiger charge is 2.52. The molecule has 2 aliphatic heterocycles. The SMILES string of the molecule is COC(=O)Cc1c([C@@H]2[C@@H](CC(=O)OC)c3ccccc3N2[C@@H]2O[C@H](CO)[C@@H](O)[C@H](O)[C@H]2O)[nH]c2ccccc12. The first kappa shape index (κ1) is 27.1. The van der Waals surface area contributed by atoms with Crippen LogP contribution in [0.2, 0.25) is 0 Å². The van der Waals surface area contributed by atoms with Crippen molar-refractivity contribution >= 4 is 28.5 Å². The van der Waals surface area contributed by atoms with Gasteiger partial charge in [-0.05, 0) is 23.3 Å². The number of hydrogen-bond acceptors (Lipinski definition) is 10. The second-order valence-electron chi connectivity index (χ2n) is 9.83. The molecule has 11 heteroatoms. The Hall–Kier alpha value is -3.48. The largest absolute Gasteiger partial charge is 0.469 e. The van der Waals surface area contributed by atoms with Gasteiger partial charge in [-0.3, -0.25) is 9.59 Å². The minimum Gasteiger partial charge on any atom is -0.469 e. The van der Waals surface area contributed by atoms with Gasteiger partial charge in [0.25, 0.3) is 0 Å². The van der Waals surface area contributed by atoms with Gasteiger partial charge in [-0.2, -0.15) is 0 Å². The van der Waals surface area contributed by atoms with Crippen LogP contribution in [-0.2, 0) is 30.2 Å². The van der Waals surface area contributed by atoms with Crippen molar-refractivity contribution in [2.24, 2.45) is 0 Å². The molecule has 11 nitrogen and oxygen atoms in total. The lowest BCUT2D eigenvalue weighted by molar-refractivity contribution is -0.230. The number of anilines is 1. The van der Waals surface area contributed by atoms with Gasteiger partial charge in [0.05, 0.1) is 39.7 Å². The monoisotopic (exact) mass is 540 g/mol. The minimum atomic E-state index is -1.61. The number of esters is 2. The lowest BCUT2D eigenvalue weighted by atomic mass is 9.87. The fourth-order valence-corrected chi connectivity index (χ4v) is 5.86. The number of rotatable bonds is 7. The molecule has 0 saturated carbocycles. The van der Waals surface area contributed by atoms with Gasteiger partial charge in [0.2, 0.25) is 0 Å². The molecular formula is C28H32N2O9. The molecule has 0 spiro atoms. The van der Waals surface area contributed by atoms with E-state index in [9.17, 15) is 30.0 Å². The summed E-state index contributed by atoms with van der Waals surface area (Å²) in [5.74, 6) is -1.42. The van der Waals surface area contributed by atoms with Crippen LogP contribution >= 0.6 is 0 Å². The molecule has 2 aromatic carbocycles. The quantitative estimate of drug-likeness (QED) is 0.272.